The first-order valence-electron chi connectivity index (χ1n) is 7.23. The van der Waals surface area contributed by atoms with Crippen LogP contribution < -0.4 is 10.6 Å². The Labute approximate surface area is 125 Å². The van der Waals surface area contributed by atoms with Gasteiger partial charge in [-0.05, 0) is 25.9 Å². The highest BCUT2D eigenvalue weighted by molar-refractivity contribution is 4.87. The molecule has 0 spiro atoms. The summed E-state index contributed by atoms with van der Waals surface area (Å²) in [5.41, 5.74) is -2.09. The molecule has 0 saturated heterocycles. The molecule has 0 aromatic heterocycles. The Morgan fingerprint density at radius 1 is 0.476 bits per heavy atom. The Morgan fingerprint density at radius 3 is 1.00 bits per heavy atom. The SMILES string of the molecule is OCC(CO)(CO)NCCCCCNC(CO)(CO)CO. The van der Waals surface area contributed by atoms with Gasteiger partial charge in [0.15, 0.2) is 0 Å². The molecule has 0 aliphatic heterocycles. The molecule has 0 aromatic carbocycles. The summed E-state index contributed by atoms with van der Waals surface area (Å²) in [6.07, 6.45) is 2.42. The fourth-order valence-electron chi connectivity index (χ4n) is 1.77. The van der Waals surface area contributed by atoms with Gasteiger partial charge in [-0.3, -0.25) is 0 Å². The number of aliphatic hydroxyl groups is 6. The van der Waals surface area contributed by atoms with E-state index in [0.29, 0.717) is 13.1 Å². The Bertz CT molecular complexity index is 206. The first kappa shape index (κ1) is 20.7. The summed E-state index contributed by atoms with van der Waals surface area (Å²) in [6, 6.07) is 0. The minimum absolute atomic E-state index is 0.340. The van der Waals surface area contributed by atoms with Crippen LogP contribution in [0.1, 0.15) is 19.3 Å². The maximum absolute atomic E-state index is 9.12. The van der Waals surface area contributed by atoms with E-state index >= 15 is 0 Å². The molecule has 128 valence electrons. The van der Waals surface area contributed by atoms with Crippen molar-refractivity contribution in [3.8, 4) is 0 Å². The lowest BCUT2D eigenvalue weighted by molar-refractivity contribution is 0.0414. The molecule has 0 aromatic rings. The lowest BCUT2D eigenvalue weighted by Gasteiger charge is -2.29. The molecule has 8 N–H and O–H groups in total. The Kier molecular flexibility index (Phi) is 11.1. The molecule has 8 nitrogen and oxygen atoms in total. The predicted molar refractivity (Wildman–Crippen MR) is 77.8 cm³/mol. The minimum Gasteiger partial charge on any atom is -0.394 e. The first-order valence-corrected chi connectivity index (χ1v) is 7.23. The van der Waals surface area contributed by atoms with E-state index in [9.17, 15) is 0 Å². The topological polar surface area (TPSA) is 145 Å². The third-order valence-electron chi connectivity index (χ3n) is 3.67. The van der Waals surface area contributed by atoms with Gasteiger partial charge in [-0.15, -0.1) is 0 Å². The summed E-state index contributed by atoms with van der Waals surface area (Å²) in [4.78, 5) is 0. The molecule has 0 heterocycles. The fourth-order valence-corrected chi connectivity index (χ4v) is 1.77. The maximum atomic E-state index is 9.12. The summed E-state index contributed by atoms with van der Waals surface area (Å²) in [5.74, 6) is 0. The van der Waals surface area contributed by atoms with Crippen LogP contribution in [0.3, 0.4) is 0 Å². The van der Waals surface area contributed by atoms with Crippen LogP contribution >= 0.6 is 0 Å². The van der Waals surface area contributed by atoms with Crippen LogP contribution in [0.15, 0.2) is 0 Å². The van der Waals surface area contributed by atoms with Crippen molar-refractivity contribution in [2.24, 2.45) is 0 Å². The van der Waals surface area contributed by atoms with Gasteiger partial charge in [0, 0.05) is 0 Å². The molecule has 0 aliphatic rings. The zero-order chi connectivity index (χ0) is 16.2. The van der Waals surface area contributed by atoms with Crippen LogP contribution in [0.2, 0.25) is 0 Å². The van der Waals surface area contributed by atoms with Crippen LogP contribution in [-0.2, 0) is 0 Å². The van der Waals surface area contributed by atoms with E-state index in [1.165, 1.54) is 0 Å². The van der Waals surface area contributed by atoms with E-state index in [0.717, 1.165) is 19.3 Å². The molecule has 0 radical (unpaired) electrons. The minimum atomic E-state index is -1.04. The molecule has 0 bridgehead atoms. The molecule has 0 fully saturated rings. The van der Waals surface area contributed by atoms with E-state index in [1.807, 2.05) is 0 Å². The smallest absolute Gasteiger partial charge is 0.0881 e. The van der Waals surface area contributed by atoms with Gasteiger partial charge >= 0.3 is 0 Å². The van der Waals surface area contributed by atoms with Gasteiger partial charge in [-0.1, -0.05) is 6.42 Å². The molecular formula is C13H30N2O6. The van der Waals surface area contributed by atoms with Crippen LogP contribution in [0.5, 0.6) is 0 Å². The largest absolute Gasteiger partial charge is 0.394 e. The van der Waals surface area contributed by atoms with Gasteiger partial charge in [-0.2, -0.15) is 0 Å². The van der Waals surface area contributed by atoms with Crippen molar-refractivity contribution in [3.63, 3.8) is 0 Å². The Morgan fingerprint density at radius 2 is 0.762 bits per heavy atom. The number of unbranched alkanes of at least 4 members (excludes halogenated alkanes) is 2. The Hall–Kier alpha value is -0.320. The normalized spacial score (nSPS) is 12.9. The van der Waals surface area contributed by atoms with Crippen LogP contribution in [0.4, 0.5) is 0 Å². The number of hydrogen-bond acceptors (Lipinski definition) is 8. The monoisotopic (exact) mass is 310 g/mol. The van der Waals surface area contributed by atoms with Gasteiger partial charge in [0.25, 0.3) is 0 Å². The maximum Gasteiger partial charge on any atom is 0.0881 e. The van der Waals surface area contributed by atoms with Gasteiger partial charge in [0.2, 0.25) is 0 Å². The Balaban J connectivity index is 3.78. The zero-order valence-electron chi connectivity index (χ0n) is 12.5. The number of hydrogen-bond donors (Lipinski definition) is 8. The molecule has 0 aliphatic carbocycles. The zero-order valence-corrected chi connectivity index (χ0v) is 12.5. The number of rotatable bonds is 14. The molecule has 8 heteroatoms. The number of nitrogens with one attached hydrogen (secondary N) is 2. The van der Waals surface area contributed by atoms with E-state index in [2.05, 4.69) is 10.6 Å². The molecule has 0 unspecified atom stereocenters. The van der Waals surface area contributed by atoms with Crippen molar-refractivity contribution >= 4 is 0 Å². The molecule has 0 saturated carbocycles. The highest BCUT2D eigenvalue weighted by Gasteiger charge is 2.27. The van der Waals surface area contributed by atoms with Crippen molar-refractivity contribution in [2.45, 2.75) is 30.3 Å². The second-order valence-electron chi connectivity index (χ2n) is 5.42. The summed E-state index contributed by atoms with van der Waals surface area (Å²) < 4.78 is 0. The van der Waals surface area contributed by atoms with Gasteiger partial charge < -0.3 is 41.3 Å². The molecule has 21 heavy (non-hydrogen) atoms. The number of aliphatic hydroxyl groups excluding tert-OH is 6. The fraction of sp³-hybridized carbons (Fsp3) is 1.00. The lowest BCUT2D eigenvalue weighted by Crippen LogP contribution is -2.55. The third kappa shape index (κ3) is 6.98. The van der Waals surface area contributed by atoms with Crippen molar-refractivity contribution in [1.82, 2.24) is 10.6 Å². The summed E-state index contributed by atoms with van der Waals surface area (Å²) in [5, 5.41) is 60.6. The van der Waals surface area contributed by atoms with E-state index in [4.69, 9.17) is 30.6 Å². The standard InChI is InChI=1S/C13H30N2O6/c16-6-12(7-17,8-18)14-4-2-1-3-5-15-13(9-19,10-20)11-21/h14-21H,1-11H2. The van der Waals surface area contributed by atoms with Crippen LogP contribution in [0.25, 0.3) is 0 Å². The van der Waals surface area contributed by atoms with E-state index in [1.54, 1.807) is 0 Å². The van der Waals surface area contributed by atoms with Gasteiger partial charge in [-0.25, -0.2) is 0 Å². The lowest BCUT2D eigenvalue weighted by atomic mass is 10.0. The summed E-state index contributed by atoms with van der Waals surface area (Å²) in [6.45, 7) is -0.941. The molecule has 0 rings (SSSR count). The second-order valence-corrected chi connectivity index (χ2v) is 5.42. The van der Waals surface area contributed by atoms with Crippen molar-refractivity contribution < 1.29 is 30.6 Å². The van der Waals surface area contributed by atoms with Gasteiger partial charge in [0.05, 0.1) is 50.7 Å². The molecule has 0 amide bonds. The average Bonchev–Trinajstić information content (AvgIpc) is 2.55. The van der Waals surface area contributed by atoms with Crippen molar-refractivity contribution in [2.75, 3.05) is 52.7 Å². The highest BCUT2D eigenvalue weighted by Crippen LogP contribution is 2.04. The van der Waals surface area contributed by atoms with Gasteiger partial charge in [0.1, 0.15) is 0 Å². The second kappa shape index (κ2) is 11.3. The summed E-state index contributed by atoms with van der Waals surface area (Å²) >= 11 is 0. The molecular weight excluding hydrogens is 280 g/mol. The highest BCUT2D eigenvalue weighted by atomic mass is 16.3. The van der Waals surface area contributed by atoms with E-state index < -0.39 is 11.1 Å². The third-order valence-corrected chi connectivity index (χ3v) is 3.67. The first-order chi connectivity index (χ1) is 10.1. The van der Waals surface area contributed by atoms with Crippen LogP contribution in [0, 0.1) is 0 Å². The van der Waals surface area contributed by atoms with Crippen LogP contribution in [-0.4, -0.2) is 94.4 Å². The molecule has 0 atom stereocenters. The van der Waals surface area contributed by atoms with E-state index in [-0.39, 0.29) is 39.6 Å². The average molecular weight is 310 g/mol. The summed E-state index contributed by atoms with van der Waals surface area (Å²) in [7, 11) is 0. The van der Waals surface area contributed by atoms with Crippen molar-refractivity contribution in [1.29, 1.82) is 0 Å². The predicted octanol–water partition coefficient (Wildman–Crippen LogP) is -3.23. The van der Waals surface area contributed by atoms with Crippen molar-refractivity contribution in [3.05, 3.63) is 0 Å². The quantitative estimate of drug-likeness (QED) is 0.156.